The maximum absolute atomic E-state index is 13.2. The summed E-state index contributed by atoms with van der Waals surface area (Å²) in [7, 11) is 1.62. The minimum atomic E-state index is -0.346. The van der Waals surface area contributed by atoms with Crippen LogP contribution in [0.3, 0.4) is 0 Å². The SMILES string of the molecule is COc1ccc(-n2nnnc2S[C@@H](C)C(=O)c2c(C)[nH]c3ccccc23)cc1. The number of nitrogens with zero attached hydrogens (tertiary/aromatic N) is 4. The number of hydrogen-bond acceptors (Lipinski definition) is 6. The molecule has 1 N–H and O–H groups in total. The van der Waals surface area contributed by atoms with Gasteiger partial charge in [0.1, 0.15) is 5.75 Å². The van der Waals surface area contributed by atoms with Gasteiger partial charge in [-0.2, -0.15) is 4.68 Å². The number of nitrogens with one attached hydrogen (secondary N) is 1. The summed E-state index contributed by atoms with van der Waals surface area (Å²) in [6.07, 6.45) is 0. The van der Waals surface area contributed by atoms with Gasteiger partial charge in [-0.15, -0.1) is 5.10 Å². The molecule has 0 radical (unpaired) electrons. The lowest BCUT2D eigenvalue weighted by Gasteiger charge is -2.11. The Hall–Kier alpha value is -3.13. The Kier molecular flexibility index (Phi) is 4.87. The number of carbonyl (C=O) groups excluding carboxylic acids is 1. The molecule has 0 spiro atoms. The first-order chi connectivity index (χ1) is 13.6. The number of ketones is 1. The molecule has 0 aliphatic carbocycles. The van der Waals surface area contributed by atoms with E-state index in [4.69, 9.17) is 4.74 Å². The van der Waals surface area contributed by atoms with E-state index < -0.39 is 0 Å². The lowest BCUT2D eigenvalue weighted by Crippen LogP contribution is -2.15. The van der Waals surface area contributed by atoms with Crippen LogP contribution in [-0.2, 0) is 0 Å². The normalized spacial score (nSPS) is 12.2. The summed E-state index contributed by atoms with van der Waals surface area (Å²) in [4.78, 5) is 16.4. The second-order valence-electron chi connectivity index (χ2n) is 6.37. The van der Waals surface area contributed by atoms with Crippen molar-refractivity contribution in [3.63, 3.8) is 0 Å². The monoisotopic (exact) mass is 393 g/mol. The molecule has 2 aromatic carbocycles. The zero-order valence-corrected chi connectivity index (χ0v) is 16.5. The third-order valence-electron chi connectivity index (χ3n) is 4.55. The van der Waals surface area contributed by atoms with Gasteiger partial charge in [-0.3, -0.25) is 4.79 Å². The third kappa shape index (κ3) is 3.27. The predicted octanol–water partition coefficient (Wildman–Crippen LogP) is 3.82. The van der Waals surface area contributed by atoms with Crippen molar-refractivity contribution < 1.29 is 9.53 Å². The van der Waals surface area contributed by atoms with Crippen LogP contribution >= 0.6 is 11.8 Å². The van der Waals surface area contributed by atoms with E-state index in [1.54, 1.807) is 11.8 Å². The molecule has 0 amide bonds. The van der Waals surface area contributed by atoms with Crippen molar-refractivity contribution in [3.05, 3.63) is 59.8 Å². The van der Waals surface area contributed by atoms with Crippen molar-refractivity contribution >= 4 is 28.4 Å². The minimum absolute atomic E-state index is 0.0456. The number of para-hydroxylation sites is 1. The first-order valence-corrected chi connectivity index (χ1v) is 9.67. The van der Waals surface area contributed by atoms with E-state index >= 15 is 0 Å². The number of aromatic amines is 1. The number of thioether (sulfide) groups is 1. The molecule has 0 aliphatic rings. The summed E-state index contributed by atoms with van der Waals surface area (Å²) in [5.74, 6) is 0.800. The molecule has 4 aromatic rings. The maximum atomic E-state index is 13.2. The van der Waals surface area contributed by atoms with Crippen molar-refractivity contribution in [2.75, 3.05) is 7.11 Å². The number of carbonyl (C=O) groups is 1. The fourth-order valence-corrected chi connectivity index (χ4v) is 4.01. The highest BCUT2D eigenvalue weighted by Gasteiger charge is 2.24. The molecule has 8 heteroatoms. The molecule has 142 valence electrons. The molecule has 2 heterocycles. The highest BCUT2D eigenvalue weighted by molar-refractivity contribution is 8.00. The topological polar surface area (TPSA) is 85.7 Å². The molecule has 2 aromatic heterocycles. The molecule has 0 unspecified atom stereocenters. The Morgan fingerprint density at radius 1 is 1.18 bits per heavy atom. The van der Waals surface area contributed by atoms with E-state index in [-0.39, 0.29) is 11.0 Å². The van der Waals surface area contributed by atoms with Crippen LogP contribution in [0.2, 0.25) is 0 Å². The fourth-order valence-electron chi connectivity index (χ4n) is 3.15. The van der Waals surface area contributed by atoms with E-state index in [9.17, 15) is 4.79 Å². The van der Waals surface area contributed by atoms with Gasteiger partial charge in [-0.1, -0.05) is 30.0 Å². The predicted molar refractivity (Wildman–Crippen MR) is 108 cm³/mol. The minimum Gasteiger partial charge on any atom is -0.497 e. The number of hydrogen-bond donors (Lipinski definition) is 1. The molecule has 0 aliphatic heterocycles. The van der Waals surface area contributed by atoms with Gasteiger partial charge >= 0.3 is 0 Å². The van der Waals surface area contributed by atoms with E-state index in [0.29, 0.717) is 5.16 Å². The second-order valence-corrected chi connectivity index (χ2v) is 7.67. The zero-order chi connectivity index (χ0) is 19.7. The van der Waals surface area contributed by atoms with Gasteiger partial charge in [0.05, 0.1) is 18.0 Å². The van der Waals surface area contributed by atoms with Gasteiger partial charge in [0.15, 0.2) is 5.78 Å². The summed E-state index contributed by atoms with van der Waals surface area (Å²) in [6, 6.07) is 15.3. The molecular weight excluding hydrogens is 374 g/mol. The average Bonchev–Trinajstić information content (AvgIpc) is 3.30. The Morgan fingerprint density at radius 3 is 2.68 bits per heavy atom. The van der Waals surface area contributed by atoms with Crippen LogP contribution in [0.25, 0.3) is 16.6 Å². The highest BCUT2D eigenvalue weighted by atomic mass is 32.2. The summed E-state index contributed by atoms with van der Waals surface area (Å²) in [5.41, 5.74) is 3.35. The van der Waals surface area contributed by atoms with Gasteiger partial charge in [0.25, 0.3) is 0 Å². The first-order valence-electron chi connectivity index (χ1n) is 8.79. The van der Waals surface area contributed by atoms with E-state index in [1.165, 1.54) is 11.8 Å². The van der Waals surface area contributed by atoms with E-state index in [0.717, 1.165) is 33.6 Å². The molecule has 7 nitrogen and oxygen atoms in total. The number of fused-ring (bicyclic) bond motifs is 1. The van der Waals surface area contributed by atoms with Crippen molar-refractivity contribution in [3.8, 4) is 11.4 Å². The summed E-state index contributed by atoms with van der Waals surface area (Å²) in [6.45, 7) is 3.80. The first kappa shape index (κ1) is 18.2. The Balaban J connectivity index is 1.60. The van der Waals surface area contributed by atoms with Gasteiger partial charge in [0.2, 0.25) is 5.16 Å². The molecule has 4 rings (SSSR count). The Morgan fingerprint density at radius 2 is 1.93 bits per heavy atom. The summed E-state index contributed by atoms with van der Waals surface area (Å²) in [5, 5.41) is 13.1. The largest absolute Gasteiger partial charge is 0.497 e. The number of benzene rings is 2. The molecule has 0 saturated heterocycles. The van der Waals surface area contributed by atoms with Crippen LogP contribution in [0.15, 0.2) is 53.7 Å². The van der Waals surface area contributed by atoms with Crippen molar-refractivity contribution in [2.24, 2.45) is 0 Å². The standard InChI is InChI=1S/C20H19N5O2S/c1-12-18(16-6-4-5-7-17(16)21-12)19(26)13(2)28-20-22-23-24-25(20)14-8-10-15(27-3)11-9-14/h4-11,13,21H,1-3H3/t13-/m0/s1. The number of methoxy groups -OCH3 is 1. The number of tetrazole rings is 1. The Bertz CT molecular complexity index is 1130. The number of aromatic nitrogens is 5. The second kappa shape index (κ2) is 7.47. The maximum Gasteiger partial charge on any atom is 0.214 e. The van der Waals surface area contributed by atoms with Crippen molar-refractivity contribution in [1.29, 1.82) is 0 Å². The van der Waals surface area contributed by atoms with Crippen LogP contribution in [0.4, 0.5) is 0 Å². The van der Waals surface area contributed by atoms with Gasteiger partial charge < -0.3 is 9.72 Å². The van der Waals surface area contributed by atoms with Gasteiger partial charge in [-0.25, -0.2) is 0 Å². The summed E-state index contributed by atoms with van der Waals surface area (Å²) >= 11 is 1.34. The Labute approximate surface area is 166 Å². The van der Waals surface area contributed by atoms with Gasteiger partial charge in [-0.05, 0) is 54.6 Å². The van der Waals surface area contributed by atoms with Crippen LogP contribution < -0.4 is 4.74 Å². The zero-order valence-electron chi connectivity index (χ0n) is 15.7. The number of H-pyrrole nitrogens is 1. The van der Waals surface area contributed by atoms with Crippen LogP contribution in [0, 0.1) is 6.92 Å². The van der Waals surface area contributed by atoms with Crippen molar-refractivity contribution in [1.82, 2.24) is 25.2 Å². The van der Waals surface area contributed by atoms with Gasteiger partial charge in [0, 0.05) is 22.2 Å². The lowest BCUT2D eigenvalue weighted by molar-refractivity contribution is 0.0995. The average molecular weight is 393 g/mol. The van der Waals surface area contributed by atoms with E-state index in [1.807, 2.05) is 62.4 Å². The highest BCUT2D eigenvalue weighted by Crippen LogP contribution is 2.30. The molecule has 0 saturated carbocycles. The van der Waals surface area contributed by atoms with Crippen LogP contribution in [0.1, 0.15) is 23.0 Å². The third-order valence-corrected chi connectivity index (χ3v) is 5.58. The molecule has 28 heavy (non-hydrogen) atoms. The number of aryl methyl sites for hydroxylation is 1. The quantitative estimate of drug-likeness (QED) is 0.396. The molecule has 1 atom stereocenters. The molecular formula is C20H19N5O2S. The molecule has 0 fully saturated rings. The summed E-state index contributed by atoms with van der Waals surface area (Å²) < 4.78 is 6.81. The lowest BCUT2D eigenvalue weighted by atomic mass is 10.1. The smallest absolute Gasteiger partial charge is 0.214 e. The fraction of sp³-hybridized carbons (Fsp3) is 0.200. The number of Topliss-reactive ketones (excluding diaryl/α,β-unsaturated/α-hetero) is 1. The number of rotatable bonds is 6. The van der Waals surface area contributed by atoms with E-state index in [2.05, 4.69) is 20.5 Å². The van der Waals surface area contributed by atoms with Crippen LogP contribution in [0.5, 0.6) is 5.75 Å². The van der Waals surface area contributed by atoms with Crippen LogP contribution in [-0.4, -0.2) is 43.3 Å². The van der Waals surface area contributed by atoms with Crippen molar-refractivity contribution in [2.45, 2.75) is 24.3 Å². The molecule has 0 bridgehead atoms. The number of ether oxygens (including phenoxy) is 1.